The number of hydrogen-bond acceptors (Lipinski definition) is 5. The summed E-state index contributed by atoms with van der Waals surface area (Å²) in [6, 6.07) is 5.49. The number of aliphatic carboxylic acids is 1. The van der Waals surface area contributed by atoms with Crippen molar-refractivity contribution >= 4 is 13.1 Å². The van der Waals surface area contributed by atoms with Gasteiger partial charge in [-0.1, -0.05) is 6.07 Å². The number of rotatable bonds is 4. The minimum Gasteiger partial charge on any atom is -0.486 e. The van der Waals surface area contributed by atoms with Gasteiger partial charge in [-0.15, -0.1) is 0 Å². The zero-order chi connectivity index (χ0) is 17.5. The fourth-order valence-corrected chi connectivity index (χ4v) is 2.90. The van der Waals surface area contributed by atoms with Crippen LogP contribution in [0.2, 0.25) is 0 Å². The smallest absolute Gasteiger partial charge is 0.466 e. The lowest BCUT2D eigenvalue weighted by Crippen LogP contribution is -2.41. The first kappa shape index (κ1) is 17.1. The van der Waals surface area contributed by atoms with Gasteiger partial charge < -0.3 is 23.9 Å². The number of ether oxygens (including phenoxy) is 2. The van der Waals surface area contributed by atoms with Gasteiger partial charge in [-0.25, -0.2) is 0 Å². The number of fused-ring (bicyclic) bond motifs is 1. The SMILES string of the molecule is CC1(C)OB(C(CC(=O)O)c2ccc3c(c2)OCCO3)OC1(C)C. The van der Waals surface area contributed by atoms with Gasteiger partial charge in [0.05, 0.1) is 17.6 Å². The molecular weight excluding hydrogens is 311 g/mol. The molecule has 1 saturated heterocycles. The van der Waals surface area contributed by atoms with E-state index in [-0.39, 0.29) is 6.42 Å². The standard InChI is InChI=1S/C17H23BO6/c1-16(2)17(3,4)24-18(23-16)12(10-15(19)20)11-5-6-13-14(9-11)22-8-7-21-13/h5-6,9,12H,7-8,10H2,1-4H3,(H,19,20). The Bertz CT molecular complexity index is 626. The van der Waals surface area contributed by atoms with Crippen LogP contribution in [-0.4, -0.2) is 42.6 Å². The van der Waals surface area contributed by atoms with Crippen LogP contribution in [0.1, 0.15) is 45.5 Å². The molecule has 2 aliphatic heterocycles. The Morgan fingerprint density at radius 2 is 1.71 bits per heavy atom. The molecule has 130 valence electrons. The Morgan fingerprint density at radius 1 is 1.12 bits per heavy atom. The Balaban J connectivity index is 1.92. The van der Waals surface area contributed by atoms with Crippen LogP contribution in [0.15, 0.2) is 18.2 Å². The zero-order valence-electron chi connectivity index (χ0n) is 14.5. The third-order valence-corrected chi connectivity index (χ3v) is 4.99. The van der Waals surface area contributed by atoms with Gasteiger partial charge in [-0.2, -0.15) is 0 Å². The Morgan fingerprint density at radius 3 is 2.29 bits per heavy atom. The second kappa shape index (κ2) is 5.97. The molecule has 1 aromatic carbocycles. The van der Waals surface area contributed by atoms with E-state index >= 15 is 0 Å². The lowest BCUT2D eigenvalue weighted by Gasteiger charge is -2.32. The molecule has 0 spiro atoms. The minimum atomic E-state index is -0.899. The van der Waals surface area contributed by atoms with Crippen molar-refractivity contribution in [3.05, 3.63) is 23.8 Å². The van der Waals surface area contributed by atoms with Crippen molar-refractivity contribution in [1.82, 2.24) is 0 Å². The van der Waals surface area contributed by atoms with Crippen molar-refractivity contribution in [2.75, 3.05) is 13.2 Å². The summed E-state index contributed by atoms with van der Waals surface area (Å²) in [5.41, 5.74) is -0.218. The van der Waals surface area contributed by atoms with E-state index in [1.807, 2.05) is 45.9 Å². The number of carboxylic acid groups (broad SMARTS) is 1. The van der Waals surface area contributed by atoms with E-state index in [0.29, 0.717) is 24.7 Å². The highest BCUT2D eigenvalue weighted by atomic mass is 16.7. The van der Waals surface area contributed by atoms with Gasteiger partial charge in [0.25, 0.3) is 0 Å². The van der Waals surface area contributed by atoms with Gasteiger partial charge in [0, 0.05) is 5.82 Å². The first-order chi connectivity index (χ1) is 11.2. The van der Waals surface area contributed by atoms with Crippen molar-refractivity contribution in [1.29, 1.82) is 0 Å². The molecule has 1 fully saturated rings. The van der Waals surface area contributed by atoms with Gasteiger partial charge in [0.1, 0.15) is 13.2 Å². The van der Waals surface area contributed by atoms with E-state index in [9.17, 15) is 9.90 Å². The molecular formula is C17H23BO6. The maximum atomic E-state index is 11.4. The van der Waals surface area contributed by atoms with Crippen LogP contribution in [0, 0.1) is 0 Å². The van der Waals surface area contributed by atoms with Crippen LogP contribution in [0.5, 0.6) is 11.5 Å². The van der Waals surface area contributed by atoms with Crippen molar-refractivity contribution in [3.63, 3.8) is 0 Å². The van der Waals surface area contributed by atoms with Gasteiger partial charge in [0.2, 0.25) is 0 Å². The predicted molar refractivity (Wildman–Crippen MR) is 88.5 cm³/mol. The molecule has 1 aromatic rings. The van der Waals surface area contributed by atoms with Gasteiger partial charge in [-0.05, 0) is 45.4 Å². The lowest BCUT2D eigenvalue weighted by atomic mass is 9.66. The van der Waals surface area contributed by atoms with Crippen molar-refractivity contribution < 1.29 is 28.7 Å². The summed E-state index contributed by atoms with van der Waals surface area (Å²) in [5.74, 6) is -0.0253. The Hall–Kier alpha value is -1.73. The largest absolute Gasteiger partial charge is 0.486 e. The molecule has 2 aliphatic rings. The summed E-state index contributed by atoms with van der Waals surface area (Å²) in [6.45, 7) is 8.81. The molecule has 3 rings (SSSR count). The average Bonchev–Trinajstić information content (AvgIpc) is 2.72. The molecule has 0 radical (unpaired) electrons. The molecule has 7 heteroatoms. The fraction of sp³-hybridized carbons (Fsp3) is 0.588. The number of carbonyl (C=O) groups is 1. The summed E-state index contributed by atoms with van der Waals surface area (Å²) < 4.78 is 23.3. The number of carboxylic acids is 1. The second-order valence-electron chi connectivity index (χ2n) is 7.23. The highest BCUT2D eigenvalue weighted by molar-refractivity contribution is 6.48. The molecule has 0 amide bonds. The Labute approximate surface area is 142 Å². The van der Waals surface area contributed by atoms with Crippen LogP contribution in [0.4, 0.5) is 0 Å². The molecule has 2 heterocycles. The summed E-state index contributed by atoms with van der Waals surface area (Å²) in [6.07, 6.45) is -0.0868. The van der Waals surface area contributed by atoms with Crippen LogP contribution in [0.3, 0.4) is 0 Å². The molecule has 0 aliphatic carbocycles. The first-order valence-corrected chi connectivity index (χ1v) is 8.16. The molecule has 1 atom stereocenters. The molecule has 0 aromatic heterocycles. The Kier molecular flexibility index (Phi) is 4.26. The minimum absolute atomic E-state index is 0.0868. The molecule has 24 heavy (non-hydrogen) atoms. The maximum Gasteiger partial charge on any atom is 0.466 e. The topological polar surface area (TPSA) is 74.2 Å². The molecule has 1 unspecified atom stereocenters. The van der Waals surface area contributed by atoms with Crippen molar-refractivity contribution in [2.24, 2.45) is 0 Å². The van der Waals surface area contributed by atoms with Gasteiger partial charge in [0.15, 0.2) is 11.5 Å². The fourth-order valence-electron chi connectivity index (χ4n) is 2.90. The van der Waals surface area contributed by atoms with Crippen LogP contribution >= 0.6 is 0 Å². The second-order valence-corrected chi connectivity index (χ2v) is 7.23. The van der Waals surface area contributed by atoms with E-state index in [1.54, 1.807) is 0 Å². The summed E-state index contributed by atoms with van der Waals surface area (Å²) >= 11 is 0. The molecule has 1 N–H and O–H groups in total. The highest BCUT2D eigenvalue weighted by Gasteiger charge is 2.54. The number of benzene rings is 1. The first-order valence-electron chi connectivity index (χ1n) is 8.16. The average molecular weight is 334 g/mol. The van der Waals surface area contributed by atoms with Gasteiger partial charge in [-0.3, -0.25) is 4.79 Å². The maximum absolute atomic E-state index is 11.4. The number of hydrogen-bond donors (Lipinski definition) is 1. The highest BCUT2D eigenvalue weighted by Crippen LogP contribution is 2.43. The van der Waals surface area contributed by atoms with E-state index in [1.165, 1.54) is 0 Å². The summed E-state index contributed by atoms with van der Waals surface area (Å²) in [7, 11) is -0.631. The van der Waals surface area contributed by atoms with Crippen molar-refractivity contribution in [2.45, 2.75) is 51.1 Å². The zero-order valence-corrected chi connectivity index (χ0v) is 14.5. The molecule has 0 saturated carbocycles. The third kappa shape index (κ3) is 3.10. The van der Waals surface area contributed by atoms with Crippen LogP contribution in [0.25, 0.3) is 0 Å². The quantitative estimate of drug-likeness (QED) is 0.854. The summed E-state index contributed by atoms with van der Waals surface area (Å²) in [4.78, 5) is 11.4. The van der Waals surface area contributed by atoms with E-state index in [4.69, 9.17) is 18.8 Å². The van der Waals surface area contributed by atoms with Crippen LogP contribution in [-0.2, 0) is 14.1 Å². The lowest BCUT2D eigenvalue weighted by molar-refractivity contribution is -0.137. The van der Waals surface area contributed by atoms with Gasteiger partial charge >= 0.3 is 13.1 Å². The third-order valence-electron chi connectivity index (χ3n) is 4.99. The predicted octanol–water partition coefficient (Wildman–Crippen LogP) is 2.65. The monoisotopic (exact) mass is 334 g/mol. The van der Waals surface area contributed by atoms with E-state index in [2.05, 4.69) is 0 Å². The molecule has 6 nitrogen and oxygen atoms in total. The summed E-state index contributed by atoms with van der Waals surface area (Å²) in [5, 5.41) is 9.34. The normalized spacial score (nSPS) is 22.2. The van der Waals surface area contributed by atoms with E-state index in [0.717, 1.165) is 5.56 Å². The molecule has 0 bridgehead atoms. The van der Waals surface area contributed by atoms with Crippen LogP contribution < -0.4 is 9.47 Å². The van der Waals surface area contributed by atoms with E-state index < -0.39 is 30.1 Å². The van der Waals surface area contributed by atoms with Crippen molar-refractivity contribution in [3.8, 4) is 11.5 Å².